The van der Waals surface area contributed by atoms with Crippen molar-refractivity contribution in [2.24, 2.45) is 5.92 Å². The van der Waals surface area contributed by atoms with Gasteiger partial charge in [0.15, 0.2) is 0 Å². The van der Waals surface area contributed by atoms with Crippen molar-refractivity contribution in [3.05, 3.63) is 65.7 Å². The summed E-state index contributed by atoms with van der Waals surface area (Å²) < 4.78 is 26.2. The Morgan fingerprint density at radius 2 is 1.85 bits per heavy atom. The first-order chi connectivity index (χ1) is 9.65. The first-order valence-electron chi connectivity index (χ1n) is 6.46. The third-order valence-electron chi connectivity index (χ3n) is 3.54. The first kappa shape index (κ1) is 12.8. The zero-order chi connectivity index (χ0) is 14.1. The Morgan fingerprint density at radius 1 is 1.10 bits per heavy atom. The molecule has 102 valence electrons. The fraction of sp³-hybridized carbons (Fsp3) is 0.188. The Kier molecular flexibility index (Phi) is 3.22. The summed E-state index contributed by atoms with van der Waals surface area (Å²) in [5.41, 5.74) is 1.14. The highest BCUT2D eigenvalue weighted by atomic mass is 19.1. The molecule has 1 fully saturated rings. The van der Waals surface area contributed by atoms with Crippen LogP contribution in [0.3, 0.4) is 0 Å². The quantitative estimate of drug-likeness (QED) is 0.907. The molecule has 0 heterocycles. The van der Waals surface area contributed by atoms with Crippen LogP contribution in [0, 0.1) is 17.6 Å². The summed E-state index contributed by atoms with van der Waals surface area (Å²) in [6.07, 6.45) is 0.763. The van der Waals surface area contributed by atoms with E-state index in [1.807, 2.05) is 30.3 Å². The predicted molar refractivity (Wildman–Crippen MR) is 72.3 cm³/mol. The van der Waals surface area contributed by atoms with Gasteiger partial charge in [0, 0.05) is 12.0 Å². The fourth-order valence-corrected chi connectivity index (χ4v) is 2.37. The van der Waals surface area contributed by atoms with Crippen molar-refractivity contribution in [2.45, 2.75) is 12.3 Å². The molecule has 2 atom stereocenters. The second-order valence-electron chi connectivity index (χ2n) is 4.97. The summed E-state index contributed by atoms with van der Waals surface area (Å²) in [5.74, 6) is -1.57. The van der Waals surface area contributed by atoms with Gasteiger partial charge < -0.3 is 5.32 Å². The van der Waals surface area contributed by atoms with Gasteiger partial charge in [0.2, 0.25) is 5.91 Å². The molecule has 2 unspecified atom stereocenters. The van der Waals surface area contributed by atoms with E-state index in [2.05, 4.69) is 5.32 Å². The van der Waals surface area contributed by atoms with Crippen molar-refractivity contribution in [1.29, 1.82) is 0 Å². The molecule has 1 saturated carbocycles. The molecule has 0 radical (unpaired) electrons. The summed E-state index contributed by atoms with van der Waals surface area (Å²) >= 11 is 0. The molecule has 1 amide bonds. The Morgan fingerprint density at radius 3 is 2.55 bits per heavy atom. The van der Waals surface area contributed by atoms with E-state index >= 15 is 0 Å². The summed E-state index contributed by atoms with van der Waals surface area (Å²) in [6.45, 7) is 0. The molecule has 1 N–H and O–H groups in total. The number of hydrogen-bond acceptors (Lipinski definition) is 1. The SMILES string of the molecule is O=C(Nc1ccc(F)cc1F)C1CC1c1ccccc1. The van der Waals surface area contributed by atoms with E-state index < -0.39 is 11.6 Å². The van der Waals surface area contributed by atoms with Gasteiger partial charge in [0.05, 0.1) is 5.69 Å². The van der Waals surface area contributed by atoms with Crippen LogP contribution in [-0.4, -0.2) is 5.91 Å². The van der Waals surface area contributed by atoms with Gasteiger partial charge in [0.25, 0.3) is 0 Å². The standard InChI is InChI=1S/C16H13F2NO/c17-11-6-7-15(14(18)8-11)19-16(20)13-9-12(13)10-4-2-1-3-5-10/h1-8,12-13H,9H2,(H,19,20). The van der Waals surface area contributed by atoms with Crippen molar-refractivity contribution in [3.63, 3.8) is 0 Å². The maximum atomic E-state index is 13.5. The third kappa shape index (κ3) is 2.54. The van der Waals surface area contributed by atoms with Crippen LogP contribution in [0.15, 0.2) is 48.5 Å². The summed E-state index contributed by atoms with van der Waals surface area (Å²) in [6, 6.07) is 12.9. The molecule has 0 spiro atoms. The second kappa shape index (κ2) is 5.04. The van der Waals surface area contributed by atoms with Gasteiger partial charge in [-0.2, -0.15) is 0 Å². The molecule has 1 aliphatic rings. The van der Waals surface area contributed by atoms with Gasteiger partial charge in [-0.1, -0.05) is 30.3 Å². The maximum absolute atomic E-state index is 13.5. The van der Waals surface area contributed by atoms with Gasteiger partial charge >= 0.3 is 0 Å². The van der Waals surface area contributed by atoms with Crippen LogP contribution in [0.4, 0.5) is 14.5 Å². The van der Waals surface area contributed by atoms with E-state index in [1.54, 1.807) is 0 Å². The van der Waals surface area contributed by atoms with Crippen LogP contribution in [0.2, 0.25) is 0 Å². The highest BCUT2D eigenvalue weighted by Gasteiger charge is 2.43. The lowest BCUT2D eigenvalue weighted by Gasteiger charge is -2.06. The second-order valence-corrected chi connectivity index (χ2v) is 4.97. The van der Waals surface area contributed by atoms with Gasteiger partial charge in [-0.15, -0.1) is 0 Å². The average Bonchev–Trinajstić information content (AvgIpc) is 3.23. The van der Waals surface area contributed by atoms with E-state index in [0.29, 0.717) is 0 Å². The van der Waals surface area contributed by atoms with E-state index in [-0.39, 0.29) is 23.4 Å². The molecule has 2 aromatic carbocycles. The van der Waals surface area contributed by atoms with Crippen molar-refractivity contribution in [1.82, 2.24) is 0 Å². The molecular weight excluding hydrogens is 260 g/mol. The molecular formula is C16H13F2NO. The van der Waals surface area contributed by atoms with Gasteiger partial charge in [-0.05, 0) is 30.0 Å². The van der Waals surface area contributed by atoms with E-state index in [9.17, 15) is 13.6 Å². The average molecular weight is 273 g/mol. The molecule has 0 aliphatic heterocycles. The lowest BCUT2D eigenvalue weighted by molar-refractivity contribution is -0.117. The number of halogens is 2. The number of rotatable bonds is 3. The summed E-state index contributed by atoms with van der Waals surface area (Å²) in [4.78, 5) is 12.0. The molecule has 4 heteroatoms. The van der Waals surface area contributed by atoms with Crippen molar-refractivity contribution < 1.29 is 13.6 Å². The Bertz CT molecular complexity index is 642. The van der Waals surface area contributed by atoms with Crippen LogP contribution < -0.4 is 5.32 Å². The zero-order valence-corrected chi connectivity index (χ0v) is 10.6. The van der Waals surface area contributed by atoms with Gasteiger partial charge in [0.1, 0.15) is 11.6 Å². The van der Waals surface area contributed by atoms with Crippen LogP contribution in [-0.2, 0) is 4.79 Å². The summed E-state index contributed by atoms with van der Waals surface area (Å²) in [7, 11) is 0. The van der Waals surface area contributed by atoms with E-state index in [4.69, 9.17) is 0 Å². The molecule has 3 rings (SSSR count). The number of hydrogen-bond donors (Lipinski definition) is 1. The van der Waals surface area contributed by atoms with E-state index in [1.165, 1.54) is 6.07 Å². The maximum Gasteiger partial charge on any atom is 0.228 e. The molecule has 2 aromatic rings. The Labute approximate surface area is 115 Å². The zero-order valence-electron chi connectivity index (χ0n) is 10.6. The number of carbonyl (C=O) groups is 1. The molecule has 1 aliphatic carbocycles. The highest BCUT2D eigenvalue weighted by molar-refractivity contribution is 5.95. The molecule has 2 nitrogen and oxygen atoms in total. The normalized spacial score (nSPS) is 20.5. The molecule has 0 aromatic heterocycles. The Hall–Kier alpha value is -2.23. The number of nitrogens with one attached hydrogen (secondary N) is 1. The number of anilines is 1. The summed E-state index contributed by atoms with van der Waals surface area (Å²) in [5, 5.41) is 2.52. The van der Waals surface area contributed by atoms with Crippen molar-refractivity contribution in [3.8, 4) is 0 Å². The highest BCUT2D eigenvalue weighted by Crippen LogP contribution is 2.47. The van der Waals surface area contributed by atoms with Crippen LogP contribution in [0.5, 0.6) is 0 Å². The lowest BCUT2D eigenvalue weighted by Crippen LogP contribution is -2.15. The van der Waals surface area contributed by atoms with Crippen molar-refractivity contribution >= 4 is 11.6 Å². The van der Waals surface area contributed by atoms with Crippen LogP contribution in [0.25, 0.3) is 0 Å². The predicted octanol–water partition coefficient (Wildman–Crippen LogP) is 3.71. The van der Waals surface area contributed by atoms with Gasteiger partial charge in [-0.25, -0.2) is 8.78 Å². The smallest absolute Gasteiger partial charge is 0.228 e. The van der Waals surface area contributed by atoms with Crippen LogP contribution in [0.1, 0.15) is 17.9 Å². The molecule has 0 bridgehead atoms. The molecule has 0 saturated heterocycles. The fourth-order valence-electron chi connectivity index (χ4n) is 2.37. The topological polar surface area (TPSA) is 29.1 Å². The van der Waals surface area contributed by atoms with Gasteiger partial charge in [-0.3, -0.25) is 4.79 Å². The van der Waals surface area contributed by atoms with E-state index in [0.717, 1.165) is 24.1 Å². The van der Waals surface area contributed by atoms with Crippen molar-refractivity contribution in [2.75, 3.05) is 5.32 Å². The minimum Gasteiger partial charge on any atom is -0.323 e. The Balaban J connectivity index is 1.67. The minimum absolute atomic E-state index is 0.0233. The number of benzene rings is 2. The lowest BCUT2D eigenvalue weighted by atomic mass is 10.1. The van der Waals surface area contributed by atoms with Crippen LogP contribution >= 0.6 is 0 Å². The monoisotopic (exact) mass is 273 g/mol. The largest absolute Gasteiger partial charge is 0.323 e. The number of carbonyl (C=O) groups excluding carboxylic acids is 1. The number of amides is 1. The minimum atomic E-state index is -0.754. The first-order valence-corrected chi connectivity index (χ1v) is 6.46. The third-order valence-corrected chi connectivity index (χ3v) is 3.54. The molecule has 20 heavy (non-hydrogen) atoms.